The number of rotatable bonds is 4. The number of amides is 3. The second kappa shape index (κ2) is 7.90. The van der Waals surface area contributed by atoms with E-state index in [1.807, 2.05) is 19.1 Å². The van der Waals surface area contributed by atoms with Gasteiger partial charge in [0.15, 0.2) is 0 Å². The molecule has 1 atom stereocenters. The van der Waals surface area contributed by atoms with Crippen LogP contribution in [-0.2, 0) is 9.59 Å². The lowest BCUT2D eigenvalue weighted by Gasteiger charge is -2.17. The molecule has 140 valence electrons. The molecule has 0 saturated carbocycles. The average molecular weight is 367 g/mol. The van der Waals surface area contributed by atoms with Crippen LogP contribution < -0.4 is 20.5 Å². The lowest BCUT2D eigenvalue weighted by Crippen LogP contribution is -2.45. The molecule has 3 amide bonds. The normalized spacial score (nSPS) is 16.1. The van der Waals surface area contributed by atoms with Crippen LogP contribution in [-0.4, -0.2) is 31.4 Å². The minimum atomic E-state index is -0.531. The first-order chi connectivity index (χ1) is 13.0. The van der Waals surface area contributed by atoms with Crippen LogP contribution in [0.2, 0.25) is 0 Å². The second-order valence-electron chi connectivity index (χ2n) is 6.36. The summed E-state index contributed by atoms with van der Waals surface area (Å²) < 4.78 is 5.11. The molecule has 1 aliphatic rings. The summed E-state index contributed by atoms with van der Waals surface area (Å²) in [7, 11) is 1.57. The van der Waals surface area contributed by atoms with Gasteiger partial charge in [-0.2, -0.15) is 0 Å². The number of carbonyl (C=O) groups is 3. The Labute approximate surface area is 157 Å². The molecule has 1 aliphatic heterocycles. The maximum absolute atomic E-state index is 12.4. The number of aryl methyl sites for hydroxylation is 1. The molecule has 0 bridgehead atoms. The van der Waals surface area contributed by atoms with Crippen molar-refractivity contribution < 1.29 is 19.1 Å². The predicted molar refractivity (Wildman–Crippen MR) is 100 cm³/mol. The molecule has 0 spiro atoms. The van der Waals surface area contributed by atoms with E-state index >= 15 is 0 Å². The van der Waals surface area contributed by atoms with Gasteiger partial charge in [0, 0.05) is 24.2 Å². The van der Waals surface area contributed by atoms with Gasteiger partial charge in [0.2, 0.25) is 11.8 Å². The summed E-state index contributed by atoms with van der Waals surface area (Å²) in [6, 6.07) is 14.2. The molecule has 2 aromatic rings. The number of benzene rings is 2. The summed E-state index contributed by atoms with van der Waals surface area (Å²) in [5.41, 5.74) is 6.85. The number of ether oxygens (including phenoxy) is 1. The molecule has 2 aromatic carbocycles. The molecule has 1 saturated heterocycles. The smallest absolute Gasteiger partial charge is 0.269 e. The van der Waals surface area contributed by atoms with Crippen molar-refractivity contribution in [1.82, 2.24) is 10.9 Å². The minimum Gasteiger partial charge on any atom is -0.497 e. The van der Waals surface area contributed by atoms with Gasteiger partial charge < -0.3 is 9.64 Å². The molecule has 1 fully saturated rings. The van der Waals surface area contributed by atoms with E-state index in [1.54, 1.807) is 48.4 Å². The molecule has 0 unspecified atom stereocenters. The van der Waals surface area contributed by atoms with Crippen molar-refractivity contribution in [3.63, 3.8) is 0 Å². The second-order valence-corrected chi connectivity index (χ2v) is 6.36. The van der Waals surface area contributed by atoms with E-state index in [-0.39, 0.29) is 24.8 Å². The van der Waals surface area contributed by atoms with Gasteiger partial charge in [0.25, 0.3) is 5.91 Å². The molecule has 7 heteroatoms. The Hall–Kier alpha value is -3.35. The molecule has 0 radical (unpaired) electrons. The van der Waals surface area contributed by atoms with E-state index in [0.29, 0.717) is 17.0 Å². The van der Waals surface area contributed by atoms with Crippen molar-refractivity contribution in [2.75, 3.05) is 18.6 Å². The first-order valence-corrected chi connectivity index (χ1v) is 8.60. The van der Waals surface area contributed by atoms with Crippen LogP contribution in [0, 0.1) is 12.8 Å². The fourth-order valence-corrected chi connectivity index (χ4v) is 3.01. The Kier molecular flexibility index (Phi) is 5.40. The maximum atomic E-state index is 12.4. The fourth-order valence-electron chi connectivity index (χ4n) is 3.01. The van der Waals surface area contributed by atoms with Crippen molar-refractivity contribution in [2.45, 2.75) is 13.3 Å². The molecule has 2 N–H and O–H groups in total. The molecule has 1 heterocycles. The summed E-state index contributed by atoms with van der Waals surface area (Å²) in [5, 5.41) is 0. The van der Waals surface area contributed by atoms with Crippen LogP contribution in [0.25, 0.3) is 0 Å². The number of nitrogens with zero attached hydrogens (tertiary/aromatic N) is 1. The molecule has 7 nitrogen and oxygen atoms in total. The van der Waals surface area contributed by atoms with Gasteiger partial charge in [-0.1, -0.05) is 18.2 Å². The molecule has 3 rings (SSSR count). The van der Waals surface area contributed by atoms with E-state index < -0.39 is 11.8 Å². The molecule has 0 aliphatic carbocycles. The summed E-state index contributed by atoms with van der Waals surface area (Å²) in [4.78, 5) is 38.4. The zero-order chi connectivity index (χ0) is 19.4. The molecule has 27 heavy (non-hydrogen) atoms. The SMILES string of the molecule is COc1ccc(N2C[C@H](C(=O)NNC(=O)c3ccccc3C)CC2=O)cc1. The van der Waals surface area contributed by atoms with E-state index in [2.05, 4.69) is 10.9 Å². The Balaban J connectivity index is 1.58. The highest BCUT2D eigenvalue weighted by atomic mass is 16.5. The van der Waals surface area contributed by atoms with E-state index in [9.17, 15) is 14.4 Å². The monoisotopic (exact) mass is 367 g/mol. The number of nitrogens with one attached hydrogen (secondary N) is 2. The van der Waals surface area contributed by atoms with Gasteiger partial charge in [0.1, 0.15) is 5.75 Å². The van der Waals surface area contributed by atoms with Gasteiger partial charge in [-0.3, -0.25) is 25.2 Å². The van der Waals surface area contributed by atoms with Crippen LogP contribution in [0.1, 0.15) is 22.3 Å². The maximum Gasteiger partial charge on any atom is 0.269 e. The van der Waals surface area contributed by atoms with Gasteiger partial charge in [-0.15, -0.1) is 0 Å². The van der Waals surface area contributed by atoms with Crippen LogP contribution >= 0.6 is 0 Å². The van der Waals surface area contributed by atoms with E-state index in [4.69, 9.17) is 4.74 Å². The average Bonchev–Trinajstić information content (AvgIpc) is 3.08. The number of hydrogen-bond donors (Lipinski definition) is 2. The van der Waals surface area contributed by atoms with Crippen LogP contribution in [0.15, 0.2) is 48.5 Å². The summed E-state index contributed by atoms with van der Waals surface area (Å²) >= 11 is 0. The lowest BCUT2D eigenvalue weighted by molar-refractivity contribution is -0.126. The molecule has 0 aromatic heterocycles. The number of anilines is 1. The van der Waals surface area contributed by atoms with E-state index in [1.165, 1.54) is 0 Å². The van der Waals surface area contributed by atoms with Gasteiger partial charge in [0.05, 0.1) is 13.0 Å². The van der Waals surface area contributed by atoms with Crippen molar-refractivity contribution in [2.24, 2.45) is 5.92 Å². The zero-order valence-electron chi connectivity index (χ0n) is 15.2. The quantitative estimate of drug-likeness (QED) is 0.807. The van der Waals surface area contributed by atoms with Crippen LogP contribution in [0.4, 0.5) is 5.69 Å². The predicted octanol–water partition coefficient (Wildman–Crippen LogP) is 1.82. The lowest BCUT2D eigenvalue weighted by atomic mass is 10.1. The van der Waals surface area contributed by atoms with E-state index in [0.717, 1.165) is 5.56 Å². The summed E-state index contributed by atoms with van der Waals surface area (Å²) in [6.45, 7) is 2.08. The fraction of sp³-hybridized carbons (Fsp3) is 0.250. The van der Waals surface area contributed by atoms with Gasteiger partial charge in [-0.25, -0.2) is 0 Å². The first kappa shape index (κ1) is 18.4. The van der Waals surface area contributed by atoms with Crippen molar-refractivity contribution >= 4 is 23.4 Å². The third-order valence-electron chi connectivity index (χ3n) is 4.57. The number of carbonyl (C=O) groups excluding carboxylic acids is 3. The molecular formula is C20H21N3O4. The first-order valence-electron chi connectivity index (χ1n) is 8.60. The Morgan fingerprint density at radius 2 is 1.78 bits per heavy atom. The van der Waals surface area contributed by atoms with Gasteiger partial charge >= 0.3 is 0 Å². The highest BCUT2D eigenvalue weighted by molar-refractivity contribution is 6.01. The third-order valence-corrected chi connectivity index (χ3v) is 4.57. The standard InChI is InChI=1S/C20H21N3O4/c1-13-5-3-4-6-17(13)20(26)22-21-19(25)14-11-18(24)23(12-14)15-7-9-16(27-2)10-8-15/h3-10,14H,11-12H2,1-2H3,(H,21,25)(H,22,26)/t14-/m1/s1. The number of methoxy groups -OCH3 is 1. The highest BCUT2D eigenvalue weighted by Gasteiger charge is 2.35. The topological polar surface area (TPSA) is 87.7 Å². The zero-order valence-corrected chi connectivity index (χ0v) is 15.2. The summed E-state index contributed by atoms with van der Waals surface area (Å²) in [5.74, 6) is -0.750. The Morgan fingerprint density at radius 3 is 2.44 bits per heavy atom. The van der Waals surface area contributed by atoms with Crippen molar-refractivity contribution in [3.05, 3.63) is 59.7 Å². The minimum absolute atomic E-state index is 0.0953. The Morgan fingerprint density at radius 1 is 1.07 bits per heavy atom. The number of hydrazine groups is 1. The van der Waals surface area contributed by atoms with Crippen LogP contribution in [0.3, 0.4) is 0 Å². The van der Waals surface area contributed by atoms with Crippen molar-refractivity contribution in [3.8, 4) is 5.75 Å². The number of hydrogen-bond acceptors (Lipinski definition) is 4. The molecular weight excluding hydrogens is 346 g/mol. The Bertz CT molecular complexity index is 864. The summed E-state index contributed by atoms with van der Waals surface area (Å²) in [6.07, 6.45) is 0.0953. The van der Waals surface area contributed by atoms with Crippen molar-refractivity contribution in [1.29, 1.82) is 0 Å². The highest BCUT2D eigenvalue weighted by Crippen LogP contribution is 2.26. The van der Waals surface area contributed by atoms with Gasteiger partial charge in [-0.05, 0) is 42.8 Å². The van der Waals surface area contributed by atoms with Crippen LogP contribution in [0.5, 0.6) is 5.75 Å². The largest absolute Gasteiger partial charge is 0.497 e. The third kappa shape index (κ3) is 4.08.